The maximum Gasteiger partial charge on any atom is 0.226 e. The van der Waals surface area contributed by atoms with Gasteiger partial charge in [0.05, 0.1) is 0 Å². The van der Waals surface area contributed by atoms with Crippen LogP contribution in [-0.4, -0.2) is 58.7 Å². The van der Waals surface area contributed by atoms with Crippen LogP contribution in [0.25, 0.3) is 0 Å². The first-order valence-electron chi connectivity index (χ1n) is 7.68. The van der Waals surface area contributed by atoms with Crippen molar-refractivity contribution in [3.05, 3.63) is 30.3 Å². The zero-order chi connectivity index (χ0) is 16.1. The van der Waals surface area contributed by atoms with Gasteiger partial charge in [-0.1, -0.05) is 5.16 Å². The minimum Gasteiger partial charge on any atom is -0.360 e. The highest BCUT2D eigenvalue weighted by Gasteiger charge is 2.19. The number of anilines is 2. The van der Waals surface area contributed by atoms with Crippen molar-refractivity contribution in [2.24, 2.45) is 0 Å². The van der Waals surface area contributed by atoms with Gasteiger partial charge < -0.3 is 14.7 Å². The Morgan fingerprint density at radius 3 is 2.65 bits per heavy atom. The van der Waals surface area contributed by atoms with Crippen LogP contribution in [0, 0.1) is 6.92 Å². The molecule has 1 fully saturated rings. The number of piperazine rings is 1. The van der Waals surface area contributed by atoms with Crippen molar-refractivity contribution in [3.8, 4) is 0 Å². The highest BCUT2D eigenvalue weighted by atomic mass is 16.5. The molecule has 122 valence electrons. The van der Waals surface area contributed by atoms with E-state index in [1.807, 2.05) is 6.07 Å². The van der Waals surface area contributed by atoms with Gasteiger partial charge in [0.25, 0.3) is 0 Å². The summed E-state index contributed by atoms with van der Waals surface area (Å²) in [6, 6.07) is 3.52. The van der Waals surface area contributed by atoms with Crippen molar-refractivity contribution in [3.63, 3.8) is 0 Å². The van der Waals surface area contributed by atoms with E-state index in [-0.39, 0.29) is 5.91 Å². The molecule has 1 N–H and O–H groups in total. The topological polar surface area (TPSA) is 87.4 Å². The zero-order valence-corrected chi connectivity index (χ0v) is 13.1. The molecule has 3 heterocycles. The van der Waals surface area contributed by atoms with Crippen LogP contribution in [-0.2, 0) is 4.79 Å². The molecule has 0 radical (unpaired) electrons. The number of rotatable bonds is 5. The highest BCUT2D eigenvalue weighted by Crippen LogP contribution is 2.11. The summed E-state index contributed by atoms with van der Waals surface area (Å²) in [5.74, 6) is 1.87. The van der Waals surface area contributed by atoms with Gasteiger partial charge in [-0.15, -0.1) is 0 Å². The lowest BCUT2D eigenvalue weighted by Gasteiger charge is -2.34. The molecule has 23 heavy (non-hydrogen) atoms. The molecular weight excluding hydrogens is 296 g/mol. The van der Waals surface area contributed by atoms with Crippen LogP contribution in [0.4, 0.5) is 11.8 Å². The second-order valence-corrected chi connectivity index (χ2v) is 5.50. The summed E-state index contributed by atoms with van der Waals surface area (Å²) >= 11 is 0. The number of aromatic nitrogens is 3. The van der Waals surface area contributed by atoms with Crippen molar-refractivity contribution in [1.82, 2.24) is 20.0 Å². The molecule has 0 spiro atoms. The number of hydrogen-bond donors (Lipinski definition) is 1. The molecule has 1 saturated heterocycles. The van der Waals surface area contributed by atoms with Crippen LogP contribution in [0.2, 0.25) is 0 Å². The lowest BCUT2D eigenvalue weighted by atomic mass is 10.3. The molecule has 8 heteroatoms. The van der Waals surface area contributed by atoms with Gasteiger partial charge in [0.1, 0.15) is 5.76 Å². The zero-order valence-electron chi connectivity index (χ0n) is 13.1. The Morgan fingerprint density at radius 1 is 1.26 bits per heavy atom. The van der Waals surface area contributed by atoms with Crippen LogP contribution in [0.15, 0.2) is 29.0 Å². The predicted molar refractivity (Wildman–Crippen MR) is 85.2 cm³/mol. The van der Waals surface area contributed by atoms with Crippen molar-refractivity contribution in [1.29, 1.82) is 0 Å². The van der Waals surface area contributed by atoms with Gasteiger partial charge in [0.2, 0.25) is 11.9 Å². The molecule has 3 rings (SSSR count). The molecule has 0 atom stereocenters. The second-order valence-electron chi connectivity index (χ2n) is 5.50. The van der Waals surface area contributed by atoms with Crippen LogP contribution in [0.1, 0.15) is 12.2 Å². The van der Waals surface area contributed by atoms with E-state index in [2.05, 4.69) is 30.2 Å². The summed E-state index contributed by atoms with van der Waals surface area (Å²) in [7, 11) is 0. The SMILES string of the molecule is Cc1cc(NC(=O)CCN2CCN(c3ncccn3)CC2)no1. The Kier molecular flexibility index (Phi) is 4.82. The lowest BCUT2D eigenvalue weighted by molar-refractivity contribution is -0.116. The summed E-state index contributed by atoms with van der Waals surface area (Å²) in [6.45, 7) is 6.05. The average Bonchev–Trinajstić information content (AvgIpc) is 2.99. The molecule has 0 unspecified atom stereocenters. The standard InChI is InChI=1S/C15H20N6O2/c1-12-11-13(19-23-12)18-14(22)3-6-20-7-9-21(10-8-20)15-16-4-2-5-17-15/h2,4-5,11H,3,6-10H2,1H3,(H,18,19,22). The fourth-order valence-electron chi connectivity index (χ4n) is 2.52. The summed E-state index contributed by atoms with van der Waals surface area (Å²) in [4.78, 5) is 24.9. The second kappa shape index (κ2) is 7.19. The Balaban J connectivity index is 1.40. The highest BCUT2D eigenvalue weighted by molar-refractivity contribution is 5.89. The van der Waals surface area contributed by atoms with Crippen LogP contribution < -0.4 is 10.2 Å². The van der Waals surface area contributed by atoms with Gasteiger partial charge in [-0.25, -0.2) is 9.97 Å². The third-order valence-electron chi connectivity index (χ3n) is 3.76. The fraction of sp³-hybridized carbons (Fsp3) is 0.467. The summed E-state index contributed by atoms with van der Waals surface area (Å²) < 4.78 is 4.92. The first-order valence-corrected chi connectivity index (χ1v) is 7.68. The monoisotopic (exact) mass is 316 g/mol. The van der Waals surface area contributed by atoms with Crippen molar-refractivity contribution >= 4 is 17.7 Å². The van der Waals surface area contributed by atoms with Gasteiger partial charge in [-0.2, -0.15) is 0 Å². The third-order valence-corrected chi connectivity index (χ3v) is 3.76. The van der Waals surface area contributed by atoms with Crippen molar-refractivity contribution in [2.75, 3.05) is 42.9 Å². The van der Waals surface area contributed by atoms with E-state index < -0.39 is 0 Å². The van der Waals surface area contributed by atoms with Crippen molar-refractivity contribution < 1.29 is 9.32 Å². The number of carbonyl (C=O) groups is 1. The van der Waals surface area contributed by atoms with Crippen molar-refractivity contribution in [2.45, 2.75) is 13.3 Å². The molecule has 0 saturated carbocycles. The Labute approximate surface area is 134 Å². The summed E-state index contributed by atoms with van der Waals surface area (Å²) in [5.41, 5.74) is 0. The molecule has 0 bridgehead atoms. The molecule has 2 aromatic heterocycles. The molecule has 0 aromatic carbocycles. The minimum atomic E-state index is -0.0490. The molecule has 1 aliphatic rings. The maximum absolute atomic E-state index is 11.9. The normalized spacial score (nSPS) is 15.6. The van der Waals surface area contributed by atoms with Gasteiger partial charge in [0.15, 0.2) is 5.82 Å². The number of hydrogen-bond acceptors (Lipinski definition) is 7. The van der Waals surface area contributed by atoms with Crippen LogP contribution in [0.5, 0.6) is 0 Å². The first kappa shape index (κ1) is 15.4. The van der Waals surface area contributed by atoms with Crippen LogP contribution >= 0.6 is 0 Å². The van der Waals surface area contributed by atoms with E-state index in [4.69, 9.17) is 4.52 Å². The number of carbonyl (C=O) groups excluding carboxylic acids is 1. The Hall–Kier alpha value is -2.48. The summed E-state index contributed by atoms with van der Waals surface area (Å²) in [5, 5.41) is 6.49. The molecule has 1 amide bonds. The van der Waals surface area contributed by atoms with Gasteiger partial charge in [-0.3, -0.25) is 9.69 Å². The van der Waals surface area contributed by atoms with E-state index in [0.717, 1.165) is 38.7 Å². The molecule has 2 aromatic rings. The largest absolute Gasteiger partial charge is 0.360 e. The van der Waals surface area contributed by atoms with E-state index >= 15 is 0 Å². The van der Waals surface area contributed by atoms with E-state index in [9.17, 15) is 4.79 Å². The molecular formula is C15H20N6O2. The quantitative estimate of drug-likeness (QED) is 0.877. The number of nitrogens with one attached hydrogen (secondary N) is 1. The predicted octanol–water partition coefficient (Wildman–Crippen LogP) is 0.924. The smallest absolute Gasteiger partial charge is 0.226 e. The molecule has 8 nitrogen and oxygen atoms in total. The third kappa shape index (κ3) is 4.26. The maximum atomic E-state index is 11.9. The average molecular weight is 316 g/mol. The number of aryl methyl sites for hydroxylation is 1. The Morgan fingerprint density at radius 2 is 2.00 bits per heavy atom. The fourth-order valence-corrected chi connectivity index (χ4v) is 2.52. The van der Waals surface area contributed by atoms with E-state index in [0.29, 0.717) is 18.0 Å². The number of amides is 1. The van der Waals surface area contributed by atoms with Crippen LogP contribution in [0.3, 0.4) is 0 Å². The van der Waals surface area contributed by atoms with E-state index in [1.165, 1.54) is 0 Å². The number of nitrogens with zero attached hydrogens (tertiary/aromatic N) is 5. The van der Waals surface area contributed by atoms with E-state index in [1.54, 1.807) is 25.4 Å². The van der Waals surface area contributed by atoms with Gasteiger partial charge in [-0.05, 0) is 13.0 Å². The first-order chi connectivity index (χ1) is 11.2. The lowest BCUT2D eigenvalue weighted by Crippen LogP contribution is -2.47. The van der Waals surface area contributed by atoms with Gasteiger partial charge in [0, 0.05) is 57.6 Å². The summed E-state index contributed by atoms with van der Waals surface area (Å²) in [6.07, 6.45) is 3.95. The molecule has 0 aliphatic carbocycles. The van der Waals surface area contributed by atoms with Gasteiger partial charge >= 0.3 is 0 Å². The molecule has 1 aliphatic heterocycles. The minimum absolute atomic E-state index is 0.0490. The Bertz CT molecular complexity index is 636.